The molecular formula is C15H19F2N3. The molecule has 20 heavy (non-hydrogen) atoms. The molecule has 1 aromatic carbocycles. The van der Waals surface area contributed by atoms with Crippen molar-refractivity contribution in [2.24, 2.45) is 0 Å². The summed E-state index contributed by atoms with van der Waals surface area (Å²) in [7, 11) is 0. The Morgan fingerprint density at radius 3 is 2.10 bits per heavy atom. The number of halogens is 2. The van der Waals surface area contributed by atoms with Gasteiger partial charge in [0.05, 0.1) is 0 Å². The molecule has 1 heterocycles. The molecule has 0 amide bonds. The van der Waals surface area contributed by atoms with Crippen LogP contribution >= 0.6 is 0 Å². The monoisotopic (exact) mass is 279 g/mol. The van der Waals surface area contributed by atoms with E-state index in [0.717, 1.165) is 11.9 Å². The fraction of sp³-hybridized carbons (Fsp3) is 0.400. The maximum atomic E-state index is 13.4. The fourth-order valence-electron chi connectivity index (χ4n) is 2.37. The molecule has 0 saturated carbocycles. The van der Waals surface area contributed by atoms with Crippen LogP contribution in [-0.2, 0) is 12.0 Å². The van der Waals surface area contributed by atoms with Crippen molar-refractivity contribution < 1.29 is 8.78 Å². The van der Waals surface area contributed by atoms with Gasteiger partial charge in [0, 0.05) is 23.6 Å². The summed E-state index contributed by atoms with van der Waals surface area (Å²) in [5.41, 5.74) is 6.70. The van der Waals surface area contributed by atoms with Crippen LogP contribution in [0.15, 0.2) is 18.2 Å². The minimum absolute atomic E-state index is 0.244. The molecule has 5 heteroatoms. The third-order valence-electron chi connectivity index (χ3n) is 3.11. The zero-order valence-corrected chi connectivity index (χ0v) is 12.2. The van der Waals surface area contributed by atoms with Crippen LogP contribution in [0.1, 0.15) is 33.5 Å². The number of hydrogen-bond acceptors (Lipinski definition) is 2. The lowest BCUT2D eigenvalue weighted by atomic mass is 10.1. The van der Waals surface area contributed by atoms with Crippen molar-refractivity contribution in [3.05, 3.63) is 35.7 Å². The van der Waals surface area contributed by atoms with E-state index in [1.807, 2.05) is 32.3 Å². The Hall–Kier alpha value is -1.91. The third-order valence-corrected chi connectivity index (χ3v) is 3.11. The van der Waals surface area contributed by atoms with Gasteiger partial charge in [-0.25, -0.2) is 13.8 Å². The molecule has 2 rings (SSSR count). The minimum atomic E-state index is -0.636. The van der Waals surface area contributed by atoms with Crippen LogP contribution in [0.25, 0.3) is 11.3 Å². The van der Waals surface area contributed by atoms with Crippen LogP contribution in [0.5, 0.6) is 0 Å². The summed E-state index contributed by atoms with van der Waals surface area (Å²) in [5.74, 6) is -0.0421. The molecule has 0 spiro atoms. The summed E-state index contributed by atoms with van der Waals surface area (Å²) in [6.45, 7) is 8.01. The highest BCUT2D eigenvalue weighted by molar-refractivity contribution is 5.71. The number of aromatic nitrogens is 2. The topological polar surface area (TPSA) is 43.8 Å². The van der Waals surface area contributed by atoms with Crippen molar-refractivity contribution >= 4 is 5.82 Å². The Labute approximate surface area is 117 Å². The first-order valence-electron chi connectivity index (χ1n) is 6.58. The Balaban J connectivity index is 2.67. The molecule has 0 aliphatic heterocycles. The van der Waals surface area contributed by atoms with E-state index in [1.165, 1.54) is 12.1 Å². The second-order valence-electron chi connectivity index (χ2n) is 5.78. The molecule has 0 atom stereocenters. The van der Waals surface area contributed by atoms with Gasteiger partial charge in [-0.1, -0.05) is 6.92 Å². The van der Waals surface area contributed by atoms with E-state index in [1.54, 1.807) is 0 Å². The van der Waals surface area contributed by atoms with Crippen molar-refractivity contribution in [3.8, 4) is 11.3 Å². The fourth-order valence-corrected chi connectivity index (χ4v) is 2.37. The zero-order valence-electron chi connectivity index (χ0n) is 12.2. The van der Waals surface area contributed by atoms with E-state index < -0.39 is 11.6 Å². The van der Waals surface area contributed by atoms with Gasteiger partial charge in [-0.15, -0.1) is 0 Å². The predicted octanol–water partition coefficient (Wildman–Crippen LogP) is 3.73. The average Bonchev–Trinajstić information content (AvgIpc) is 2.64. The first-order chi connectivity index (χ1) is 9.24. The summed E-state index contributed by atoms with van der Waals surface area (Å²) >= 11 is 0. The summed E-state index contributed by atoms with van der Waals surface area (Å²) in [6, 6.07) is 3.32. The highest BCUT2D eigenvalue weighted by Crippen LogP contribution is 2.32. The highest BCUT2D eigenvalue weighted by atomic mass is 19.1. The number of nitrogen functional groups attached to an aromatic ring is 1. The molecule has 0 fully saturated rings. The molecule has 0 saturated heterocycles. The molecule has 0 unspecified atom stereocenters. The largest absolute Gasteiger partial charge is 0.383 e. The standard InChI is InChI=1S/C15H19F2N3/c1-5-12-19-13(14(18)20(12)15(2,3)4)9-6-10(16)8-11(17)7-9/h6-8H,5,18H2,1-4H3. The Bertz CT molecular complexity index is 619. The van der Waals surface area contributed by atoms with Gasteiger partial charge < -0.3 is 10.3 Å². The lowest BCUT2D eigenvalue weighted by molar-refractivity contribution is 0.389. The van der Waals surface area contributed by atoms with E-state index in [4.69, 9.17) is 5.73 Å². The number of imidazole rings is 1. The third kappa shape index (κ3) is 2.53. The van der Waals surface area contributed by atoms with Gasteiger partial charge in [0.15, 0.2) is 0 Å². The van der Waals surface area contributed by atoms with E-state index in [2.05, 4.69) is 4.98 Å². The van der Waals surface area contributed by atoms with Crippen LogP contribution in [0.4, 0.5) is 14.6 Å². The number of nitrogens with zero attached hydrogens (tertiary/aromatic N) is 2. The van der Waals surface area contributed by atoms with Gasteiger partial charge in [-0.05, 0) is 32.9 Å². The summed E-state index contributed by atoms with van der Waals surface area (Å²) in [4.78, 5) is 4.45. The van der Waals surface area contributed by atoms with Crippen LogP contribution in [0, 0.1) is 11.6 Å². The van der Waals surface area contributed by atoms with Crippen LogP contribution < -0.4 is 5.73 Å². The van der Waals surface area contributed by atoms with Crippen molar-refractivity contribution in [1.29, 1.82) is 0 Å². The molecular weight excluding hydrogens is 260 g/mol. The average molecular weight is 279 g/mol. The maximum Gasteiger partial charge on any atom is 0.132 e. The SMILES string of the molecule is CCc1nc(-c2cc(F)cc(F)c2)c(N)n1C(C)(C)C. The van der Waals surface area contributed by atoms with Crippen molar-refractivity contribution in [2.75, 3.05) is 5.73 Å². The van der Waals surface area contributed by atoms with E-state index >= 15 is 0 Å². The van der Waals surface area contributed by atoms with Gasteiger partial charge in [0.2, 0.25) is 0 Å². The molecule has 0 aliphatic carbocycles. The molecule has 108 valence electrons. The van der Waals surface area contributed by atoms with Gasteiger partial charge in [-0.2, -0.15) is 0 Å². The first kappa shape index (κ1) is 14.5. The maximum absolute atomic E-state index is 13.4. The second-order valence-corrected chi connectivity index (χ2v) is 5.78. The van der Waals surface area contributed by atoms with Crippen molar-refractivity contribution in [2.45, 2.75) is 39.7 Å². The second kappa shape index (κ2) is 4.89. The number of benzene rings is 1. The Kier molecular flexibility index (Phi) is 3.54. The molecule has 0 bridgehead atoms. The molecule has 2 N–H and O–H groups in total. The minimum Gasteiger partial charge on any atom is -0.383 e. The lowest BCUT2D eigenvalue weighted by Crippen LogP contribution is -2.25. The number of aryl methyl sites for hydroxylation is 1. The Morgan fingerprint density at radius 2 is 1.70 bits per heavy atom. The lowest BCUT2D eigenvalue weighted by Gasteiger charge is -2.24. The van der Waals surface area contributed by atoms with E-state index in [9.17, 15) is 8.78 Å². The highest BCUT2D eigenvalue weighted by Gasteiger charge is 2.24. The van der Waals surface area contributed by atoms with Gasteiger partial charge in [0.1, 0.15) is 29.0 Å². The van der Waals surface area contributed by atoms with Gasteiger partial charge in [-0.3, -0.25) is 0 Å². The summed E-state index contributed by atoms with van der Waals surface area (Å²) < 4.78 is 28.6. The zero-order chi connectivity index (χ0) is 15.1. The van der Waals surface area contributed by atoms with Crippen molar-refractivity contribution in [3.63, 3.8) is 0 Å². The number of nitrogens with two attached hydrogens (primary N) is 1. The number of anilines is 1. The van der Waals surface area contributed by atoms with Crippen LogP contribution in [-0.4, -0.2) is 9.55 Å². The molecule has 1 aromatic heterocycles. The van der Waals surface area contributed by atoms with Crippen LogP contribution in [0.2, 0.25) is 0 Å². The summed E-state index contributed by atoms with van der Waals surface area (Å²) in [5, 5.41) is 0. The van der Waals surface area contributed by atoms with Crippen LogP contribution in [0.3, 0.4) is 0 Å². The van der Waals surface area contributed by atoms with Crippen molar-refractivity contribution in [1.82, 2.24) is 9.55 Å². The normalized spacial score (nSPS) is 11.9. The number of hydrogen-bond donors (Lipinski definition) is 1. The first-order valence-corrected chi connectivity index (χ1v) is 6.58. The predicted molar refractivity (Wildman–Crippen MR) is 76.4 cm³/mol. The molecule has 0 aliphatic rings. The molecule has 3 nitrogen and oxygen atoms in total. The van der Waals surface area contributed by atoms with Gasteiger partial charge >= 0.3 is 0 Å². The quantitative estimate of drug-likeness (QED) is 0.910. The number of rotatable bonds is 2. The smallest absolute Gasteiger partial charge is 0.132 e. The summed E-state index contributed by atoms with van der Waals surface area (Å²) in [6.07, 6.45) is 0.694. The molecule has 0 radical (unpaired) electrons. The van der Waals surface area contributed by atoms with Gasteiger partial charge in [0.25, 0.3) is 0 Å². The molecule has 2 aromatic rings. The van der Waals surface area contributed by atoms with E-state index in [-0.39, 0.29) is 5.54 Å². The Morgan fingerprint density at radius 1 is 1.15 bits per heavy atom. The van der Waals surface area contributed by atoms with E-state index in [0.29, 0.717) is 23.5 Å².